The summed E-state index contributed by atoms with van der Waals surface area (Å²) in [5.41, 5.74) is -0.0641. The number of hydrogen-bond acceptors (Lipinski definition) is 2. The van der Waals surface area contributed by atoms with Crippen LogP contribution in [0, 0.1) is 0 Å². The highest BCUT2D eigenvalue weighted by molar-refractivity contribution is 5.88. The van der Waals surface area contributed by atoms with Gasteiger partial charge in [-0.05, 0) is 18.9 Å². The summed E-state index contributed by atoms with van der Waals surface area (Å²) in [6.45, 7) is 0. The quantitative estimate of drug-likeness (QED) is 0.799. The average molecular weight is 296 g/mol. The van der Waals surface area contributed by atoms with E-state index < -0.39 is 24.3 Å². The van der Waals surface area contributed by atoms with Crippen LogP contribution in [0.5, 0.6) is 0 Å². The number of aromatic nitrogens is 2. The van der Waals surface area contributed by atoms with Crippen molar-refractivity contribution < 1.29 is 26.7 Å². The van der Waals surface area contributed by atoms with Gasteiger partial charge in [-0.15, -0.1) is 0 Å². The van der Waals surface area contributed by atoms with Gasteiger partial charge < -0.3 is 0 Å². The molecule has 20 heavy (non-hydrogen) atoms. The summed E-state index contributed by atoms with van der Waals surface area (Å²) in [5, 5.41) is 3.92. The SMILES string of the molecule is O=C(Cc1ccn(C2CCCC2)n1)C(F)(F)C(F)(F)F. The molecule has 0 aliphatic heterocycles. The minimum absolute atomic E-state index is 0.0641. The molecule has 1 aliphatic carbocycles. The fourth-order valence-electron chi connectivity index (χ4n) is 2.28. The Balaban J connectivity index is 2.05. The highest BCUT2D eigenvalue weighted by Crippen LogP contribution is 2.37. The monoisotopic (exact) mass is 296 g/mol. The zero-order chi connectivity index (χ0) is 15.0. The summed E-state index contributed by atoms with van der Waals surface area (Å²) in [7, 11) is 0. The van der Waals surface area contributed by atoms with E-state index in [1.807, 2.05) is 0 Å². The van der Waals surface area contributed by atoms with Gasteiger partial charge in [0.1, 0.15) is 0 Å². The molecule has 3 nitrogen and oxygen atoms in total. The smallest absolute Gasteiger partial charge is 0.292 e. The van der Waals surface area contributed by atoms with E-state index in [-0.39, 0.29) is 11.7 Å². The first-order chi connectivity index (χ1) is 9.22. The maximum atomic E-state index is 12.8. The van der Waals surface area contributed by atoms with Crippen molar-refractivity contribution in [1.82, 2.24) is 9.78 Å². The lowest BCUT2D eigenvalue weighted by Crippen LogP contribution is -2.44. The Morgan fingerprint density at radius 2 is 1.85 bits per heavy atom. The lowest BCUT2D eigenvalue weighted by Gasteiger charge is -2.17. The van der Waals surface area contributed by atoms with Gasteiger partial charge in [0.15, 0.2) is 0 Å². The van der Waals surface area contributed by atoms with Crippen molar-refractivity contribution in [1.29, 1.82) is 0 Å². The van der Waals surface area contributed by atoms with Crippen molar-refractivity contribution in [2.45, 2.75) is 50.2 Å². The predicted molar refractivity (Wildman–Crippen MR) is 59.4 cm³/mol. The zero-order valence-electron chi connectivity index (χ0n) is 10.5. The molecule has 0 aromatic carbocycles. The fourth-order valence-corrected chi connectivity index (χ4v) is 2.28. The second-order valence-electron chi connectivity index (χ2n) is 4.90. The van der Waals surface area contributed by atoms with Gasteiger partial charge in [-0.1, -0.05) is 12.8 Å². The summed E-state index contributed by atoms with van der Waals surface area (Å²) in [5.74, 6) is -7.51. The van der Waals surface area contributed by atoms with Crippen LogP contribution < -0.4 is 0 Å². The molecule has 0 N–H and O–H groups in total. The van der Waals surface area contributed by atoms with Crippen LogP contribution >= 0.6 is 0 Å². The van der Waals surface area contributed by atoms with Crippen molar-refractivity contribution in [2.75, 3.05) is 0 Å². The molecular formula is C12H13F5N2O. The van der Waals surface area contributed by atoms with Gasteiger partial charge in [0.05, 0.1) is 18.2 Å². The maximum Gasteiger partial charge on any atom is 0.461 e. The van der Waals surface area contributed by atoms with E-state index >= 15 is 0 Å². The zero-order valence-corrected chi connectivity index (χ0v) is 10.5. The molecule has 1 aliphatic rings. The van der Waals surface area contributed by atoms with Crippen molar-refractivity contribution in [3.05, 3.63) is 18.0 Å². The van der Waals surface area contributed by atoms with Gasteiger partial charge in [-0.25, -0.2) is 0 Å². The third kappa shape index (κ3) is 2.83. The second-order valence-corrected chi connectivity index (χ2v) is 4.90. The lowest BCUT2D eigenvalue weighted by atomic mass is 10.1. The van der Waals surface area contributed by atoms with Crippen LogP contribution in [0.1, 0.15) is 37.4 Å². The number of alkyl halides is 5. The van der Waals surface area contributed by atoms with Gasteiger partial charge in [0.2, 0.25) is 5.78 Å². The highest BCUT2D eigenvalue weighted by atomic mass is 19.4. The van der Waals surface area contributed by atoms with Gasteiger partial charge in [-0.2, -0.15) is 27.1 Å². The molecule has 0 amide bonds. The van der Waals surface area contributed by atoms with E-state index in [1.165, 1.54) is 12.3 Å². The summed E-state index contributed by atoms with van der Waals surface area (Å²) < 4.78 is 63.3. The molecule has 1 heterocycles. The molecule has 0 saturated heterocycles. The maximum absolute atomic E-state index is 12.8. The van der Waals surface area contributed by atoms with Crippen molar-refractivity contribution in [3.8, 4) is 0 Å². The van der Waals surface area contributed by atoms with E-state index in [4.69, 9.17) is 0 Å². The molecule has 0 unspecified atom stereocenters. The molecule has 0 radical (unpaired) electrons. The van der Waals surface area contributed by atoms with Crippen LogP contribution in [0.3, 0.4) is 0 Å². The second kappa shape index (κ2) is 5.14. The standard InChI is InChI=1S/C12H13F5N2O/c13-11(14,12(15,16)17)10(20)7-8-5-6-19(18-8)9-3-1-2-4-9/h5-6,9H,1-4,7H2. The summed E-state index contributed by atoms with van der Waals surface area (Å²) in [6, 6.07) is 1.45. The number of Topliss-reactive ketones (excluding diaryl/α,β-unsaturated/α-hetero) is 1. The number of carbonyl (C=O) groups is 1. The summed E-state index contributed by atoms with van der Waals surface area (Å²) in [6.07, 6.45) is -1.51. The molecule has 1 aromatic rings. The van der Waals surface area contributed by atoms with Gasteiger partial charge >= 0.3 is 12.1 Å². The summed E-state index contributed by atoms with van der Waals surface area (Å²) in [4.78, 5) is 11.1. The first-order valence-electron chi connectivity index (χ1n) is 6.23. The first-order valence-corrected chi connectivity index (χ1v) is 6.23. The molecule has 1 saturated carbocycles. The van der Waals surface area contributed by atoms with E-state index in [9.17, 15) is 26.7 Å². The van der Waals surface area contributed by atoms with Crippen molar-refractivity contribution >= 4 is 5.78 Å². The average Bonchev–Trinajstić information content (AvgIpc) is 2.96. The Bertz CT molecular complexity index is 488. The third-order valence-corrected chi connectivity index (χ3v) is 3.41. The topological polar surface area (TPSA) is 34.9 Å². The molecule has 8 heteroatoms. The molecule has 0 spiro atoms. The van der Waals surface area contributed by atoms with Gasteiger partial charge in [-0.3, -0.25) is 9.48 Å². The van der Waals surface area contributed by atoms with E-state index in [0.29, 0.717) is 0 Å². The fraction of sp³-hybridized carbons (Fsp3) is 0.667. The van der Waals surface area contributed by atoms with E-state index in [0.717, 1.165) is 25.7 Å². The van der Waals surface area contributed by atoms with Crippen LogP contribution in [0.25, 0.3) is 0 Å². The molecular weight excluding hydrogens is 283 g/mol. The van der Waals surface area contributed by atoms with Crippen molar-refractivity contribution in [3.63, 3.8) is 0 Å². The van der Waals surface area contributed by atoms with Crippen LogP contribution in [0.15, 0.2) is 12.3 Å². The Morgan fingerprint density at radius 1 is 1.25 bits per heavy atom. The van der Waals surface area contributed by atoms with Crippen LogP contribution in [-0.2, 0) is 11.2 Å². The Kier molecular flexibility index (Phi) is 3.84. The molecule has 1 fully saturated rings. The van der Waals surface area contributed by atoms with Crippen LogP contribution in [0.4, 0.5) is 22.0 Å². The van der Waals surface area contributed by atoms with Crippen molar-refractivity contribution in [2.24, 2.45) is 0 Å². The van der Waals surface area contributed by atoms with Gasteiger partial charge in [0.25, 0.3) is 0 Å². The summed E-state index contributed by atoms with van der Waals surface area (Å²) >= 11 is 0. The number of hydrogen-bond donors (Lipinski definition) is 0. The first kappa shape index (κ1) is 14.9. The molecule has 112 valence electrons. The van der Waals surface area contributed by atoms with Crippen LogP contribution in [-0.4, -0.2) is 27.7 Å². The molecule has 0 atom stereocenters. The minimum atomic E-state index is -5.86. The number of rotatable bonds is 4. The van der Waals surface area contributed by atoms with E-state index in [1.54, 1.807) is 4.68 Å². The van der Waals surface area contributed by atoms with Crippen LogP contribution in [0.2, 0.25) is 0 Å². The molecule has 2 rings (SSSR count). The third-order valence-electron chi connectivity index (χ3n) is 3.41. The lowest BCUT2D eigenvalue weighted by molar-refractivity contribution is -0.268. The van der Waals surface area contributed by atoms with E-state index in [2.05, 4.69) is 5.10 Å². The number of carbonyl (C=O) groups excluding carboxylic acids is 1. The van der Waals surface area contributed by atoms with Gasteiger partial charge in [0, 0.05) is 6.20 Å². The Labute approximate surface area is 111 Å². The number of nitrogens with zero attached hydrogens (tertiary/aromatic N) is 2. The highest BCUT2D eigenvalue weighted by Gasteiger charge is 2.62. The predicted octanol–water partition coefficient (Wildman–Crippen LogP) is 3.31. The normalized spacial score (nSPS) is 17.6. The number of ketones is 1. The number of halogens is 5. The largest absolute Gasteiger partial charge is 0.461 e. The Morgan fingerprint density at radius 3 is 2.40 bits per heavy atom. The molecule has 1 aromatic heterocycles. The molecule has 0 bridgehead atoms. The Hall–Kier alpha value is -1.47. The minimum Gasteiger partial charge on any atom is -0.292 e.